The van der Waals surface area contributed by atoms with E-state index in [1.165, 1.54) is 33.4 Å². The zero-order valence-corrected chi connectivity index (χ0v) is 26.5. The molecule has 1 aliphatic carbocycles. The van der Waals surface area contributed by atoms with Gasteiger partial charge in [-0.3, -0.25) is 9.78 Å². The Morgan fingerprint density at radius 2 is 1.76 bits per heavy atom. The fraction of sp³-hybridized carbons (Fsp3) is 0.189. The van der Waals surface area contributed by atoms with Gasteiger partial charge in [-0.05, 0) is 51.5 Å². The zero-order chi connectivity index (χ0) is 28.7. The van der Waals surface area contributed by atoms with Gasteiger partial charge in [-0.15, -0.1) is 18.2 Å². The Labute approximate surface area is 259 Å². The third-order valence-electron chi connectivity index (χ3n) is 7.61. The number of fused-ring (bicyclic) bond motifs is 5. The number of allylic oxidation sites excluding steroid dienone is 3. The summed E-state index contributed by atoms with van der Waals surface area (Å²) >= 11 is 0. The van der Waals surface area contributed by atoms with E-state index in [0.717, 1.165) is 45.1 Å². The minimum atomic E-state index is -0.0316. The zero-order valence-electron chi connectivity index (χ0n) is 24.1. The Morgan fingerprint density at radius 1 is 0.952 bits per heavy atom. The monoisotopic (exact) mass is 731 g/mol. The first-order valence-corrected chi connectivity index (χ1v) is 14.1. The summed E-state index contributed by atoms with van der Waals surface area (Å²) in [5, 5.41) is 15.2. The van der Waals surface area contributed by atoms with Crippen LogP contribution in [0.5, 0.6) is 0 Å². The Morgan fingerprint density at radius 3 is 2.55 bits per heavy atom. The molecule has 4 nitrogen and oxygen atoms in total. The predicted octanol–water partition coefficient (Wildman–Crippen LogP) is 9.63. The molecule has 1 radical (unpaired) electrons. The van der Waals surface area contributed by atoms with Crippen LogP contribution in [0.4, 0.5) is 0 Å². The first-order chi connectivity index (χ1) is 19.8. The number of aliphatic hydroxyl groups is 1. The summed E-state index contributed by atoms with van der Waals surface area (Å²) in [6, 6.07) is 28.6. The number of aliphatic hydroxyl groups excluding tert-OH is 1. The third-order valence-corrected chi connectivity index (χ3v) is 7.61. The number of para-hydroxylation sites is 1. The van der Waals surface area contributed by atoms with Crippen LogP contribution in [0.1, 0.15) is 38.8 Å². The van der Waals surface area contributed by atoms with Gasteiger partial charge in [0, 0.05) is 43.4 Å². The molecule has 0 bridgehead atoms. The molecule has 5 heteroatoms. The summed E-state index contributed by atoms with van der Waals surface area (Å²) in [6.07, 6.45) is 6.70. The molecule has 213 valence electrons. The molecule has 2 aromatic heterocycles. The summed E-state index contributed by atoms with van der Waals surface area (Å²) < 4.78 is 6.47. The van der Waals surface area contributed by atoms with Crippen molar-refractivity contribution in [2.75, 3.05) is 0 Å². The minimum absolute atomic E-state index is 0. The number of carbonyl (C=O) groups excluding carboxylic acids is 1. The van der Waals surface area contributed by atoms with Crippen molar-refractivity contribution in [2.45, 2.75) is 34.1 Å². The Bertz CT molecular complexity index is 2010. The number of hydrogen-bond acceptors (Lipinski definition) is 4. The SMILES string of the molecule is CC(C)C(=O)/C=C(\O)C(C)C.[Ir].[c-]1ccc2c(oc3cc4c5c(cccc5c32)C=CC4)c1-c1ccc2ccccc2n1. The number of rotatable bonds is 4. The number of aromatic nitrogens is 1. The van der Waals surface area contributed by atoms with E-state index in [1.54, 1.807) is 0 Å². The van der Waals surface area contributed by atoms with Gasteiger partial charge < -0.3 is 9.52 Å². The van der Waals surface area contributed by atoms with Crippen LogP contribution in [0.15, 0.2) is 95.1 Å². The number of ketones is 1. The second-order valence-corrected chi connectivity index (χ2v) is 11.2. The Kier molecular flexibility index (Phi) is 8.45. The molecule has 42 heavy (non-hydrogen) atoms. The summed E-state index contributed by atoms with van der Waals surface area (Å²) in [6.45, 7) is 7.32. The fourth-order valence-corrected chi connectivity index (χ4v) is 5.31. The maximum Gasteiger partial charge on any atom is 0.161 e. The predicted molar refractivity (Wildman–Crippen MR) is 169 cm³/mol. The molecule has 0 fully saturated rings. The van der Waals surface area contributed by atoms with Gasteiger partial charge in [-0.1, -0.05) is 99.3 Å². The van der Waals surface area contributed by atoms with Crippen molar-refractivity contribution in [2.24, 2.45) is 11.8 Å². The van der Waals surface area contributed by atoms with Gasteiger partial charge in [-0.2, -0.15) is 0 Å². The molecule has 0 amide bonds. The standard InChI is InChI=1S/C28H16NO.C9H16O2.Ir/c1-2-13-23-17(6-1)14-15-24(29-23)20-10-5-12-22-27-21-11-4-8-18-7-3-9-19(26(18)21)16-25(27)30-28(20)22;1-6(2)8(10)5-9(11)7(3)4;/h1-8,11-16H,9H2;5-7,10H,1-4H3;/q-1;;/b;8-5-;. The van der Waals surface area contributed by atoms with Gasteiger partial charge in [0.15, 0.2) is 5.78 Å². The van der Waals surface area contributed by atoms with Crippen LogP contribution in [-0.2, 0) is 31.3 Å². The van der Waals surface area contributed by atoms with Crippen molar-refractivity contribution in [1.29, 1.82) is 0 Å². The van der Waals surface area contributed by atoms with E-state index in [-0.39, 0.29) is 43.5 Å². The molecule has 4 aromatic carbocycles. The number of nitrogens with zero attached hydrogens (tertiary/aromatic N) is 1. The van der Waals surface area contributed by atoms with Gasteiger partial charge in [0.25, 0.3) is 0 Å². The number of pyridine rings is 1. The first-order valence-electron chi connectivity index (χ1n) is 14.1. The average Bonchev–Trinajstić information content (AvgIpc) is 3.36. The second kappa shape index (κ2) is 12.1. The molecule has 0 saturated heterocycles. The van der Waals surface area contributed by atoms with Gasteiger partial charge in [0.1, 0.15) is 5.58 Å². The van der Waals surface area contributed by atoms with Crippen LogP contribution in [0.3, 0.4) is 0 Å². The third kappa shape index (κ3) is 5.43. The van der Waals surface area contributed by atoms with E-state index in [1.807, 2.05) is 52.0 Å². The van der Waals surface area contributed by atoms with E-state index in [0.29, 0.717) is 0 Å². The number of furan rings is 1. The van der Waals surface area contributed by atoms with Crippen LogP contribution in [0.2, 0.25) is 0 Å². The van der Waals surface area contributed by atoms with Crippen LogP contribution in [0.25, 0.3) is 60.9 Å². The molecule has 1 N–H and O–H groups in total. The molecule has 7 rings (SSSR count). The Hall–Kier alpha value is -4.05. The fourth-order valence-electron chi connectivity index (χ4n) is 5.31. The molecule has 2 heterocycles. The summed E-state index contributed by atoms with van der Waals surface area (Å²) in [5.74, 6) is 0.161. The van der Waals surface area contributed by atoms with E-state index in [2.05, 4.69) is 66.7 Å². The molecule has 1 aliphatic rings. The number of hydrogen-bond donors (Lipinski definition) is 1. The van der Waals surface area contributed by atoms with Crippen molar-refractivity contribution in [3.05, 3.63) is 108 Å². The van der Waals surface area contributed by atoms with Gasteiger partial charge in [0.05, 0.1) is 16.9 Å². The topological polar surface area (TPSA) is 63.3 Å². The van der Waals surface area contributed by atoms with Crippen LogP contribution >= 0.6 is 0 Å². The molecular formula is C37H32IrNO3-. The van der Waals surface area contributed by atoms with E-state index < -0.39 is 0 Å². The van der Waals surface area contributed by atoms with E-state index in [4.69, 9.17) is 9.40 Å². The van der Waals surface area contributed by atoms with Crippen LogP contribution in [0, 0.1) is 17.9 Å². The Balaban J connectivity index is 0.000000255. The summed E-state index contributed by atoms with van der Waals surface area (Å²) in [5.41, 5.74) is 7.16. The summed E-state index contributed by atoms with van der Waals surface area (Å²) in [7, 11) is 0. The summed E-state index contributed by atoms with van der Waals surface area (Å²) in [4.78, 5) is 15.9. The molecule has 6 aromatic rings. The minimum Gasteiger partial charge on any atom is -0.512 e. The van der Waals surface area contributed by atoms with E-state index >= 15 is 0 Å². The quantitative estimate of drug-likeness (QED) is 0.112. The first kappa shape index (κ1) is 29.4. The smallest absolute Gasteiger partial charge is 0.161 e. The number of benzene rings is 4. The van der Waals surface area contributed by atoms with Crippen molar-refractivity contribution in [3.8, 4) is 11.3 Å². The largest absolute Gasteiger partial charge is 0.512 e. The normalized spacial score (nSPS) is 12.7. The van der Waals surface area contributed by atoms with Crippen molar-refractivity contribution < 1.29 is 34.4 Å². The van der Waals surface area contributed by atoms with E-state index in [9.17, 15) is 9.90 Å². The van der Waals surface area contributed by atoms with Crippen molar-refractivity contribution >= 4 is 55.5 Å². The second-order valence-electron chi connectivity index (χ2n) is 11.2. The van der Waals surface area contributed by atoms with Gasteiger partial charge in [-0.25, -0.2) is 0 Å². The van der Waals surface area contributed by atoms with Crippen molar-refractivity contribution in [1.82, 2.24) is 4.98 Å². The molecule has 0 spiro atoms. The maximum atomic E-state index is 11.0. The number of carbonyl (C=O) groups is 1. The van der Waals surface area contributed by atoms with Crippen LogP contribution in [-0.4, -0.2) is 15.9 Å². The maximum absolute atomic E-state index is 11.0. The van der Waals surface area contributed by atoms with Gasteiger partial charge >= 0.3 is 0 Å². The van der Waals surface area contributed by atoms with Crippen molar-refractivity contribution in [3.63, 3.8) is 0 Å². The molecular weight excluding hydrogens is 699 g/mol. The van der Waals surface area contributed by atoms with Gasteiger partial charge in [0.2, 0.25) is 0 Å². The molecule has 0 unspecified atom stereocenters. The molecule has 0 atom stereocenters. The molecule has 0 aliphatic heterocycles. The molecule has 0 saturated carbocycles. The average molecular weight is 731 g/mol. The van der Waals surface area contributed by atoms with Crippen LogP contribution < -0.4 is 0 Å².